The lowest BCUT2D eigenvalue weighted by molar-refractivity contribution is 0.205. The van der Waals surface area contributed by atoms with Gasteiger partial charge in [-0.3, -0.25) is 4.90 Å². The molecule has 7 heteroatoms. The summed E-state index contributed by atoms with van der Waals surface area (Å²) >= 11 is 0. The number of aliphatic hydroxyl groups excluding tert-OH is 1. The van der Waals surface area contributed by atoms with Crippen LogP contribution in [0.25, 0.3) is 0 Å². The van der Waals surface area contributed by atoms with E-state index in [2.05, 4.69) is 0 Å². The minimum Gasteiger partial charge on any atom is -0.447 e. The van der Waals surface area contributed by atoms with Crippen molar-refractivity contribution in [2.75, 3.05) is 33.3 Å². The van der Waals surface area contributed by atoms with Gasteiger partial charge >= 0.3 is 0 Å². The fraction of sp³-hybridized carbons (Fsp3) is 0.667. The van der Waals surface area contributed by atoms with Crippen LogP contribution in [-0.4, -0.2) is 56.0 Å². The number of sulfonamides is 1. The lowest BCUT2D eigenvalue weighted by Crippen LogP contribution is -2.27. The number of aliphatic hydroxyl groups is 1. The molecule has 1 aliphatic rings. The number of nitrogens with zero attached hydrogens (tertiary/aromatic N) is 2. The Hall–Kier alpha value is -0.890. The van der Waals surface area contributed by atoms with E-state index < -0.39 is 10.0 Å². The van der Waals surface area contributed by atoms with Crippen LogP contribution in [0, 0.1) is 0 Å². The van der Waals surface area contributed by atoms with E-state index in [1.807, 2.05) is 11.9 Å². The molecule has 2 heterocycles. The van der Waals surface area contributed by atoms with Crippen molar-refractivity contribution in [2.45, 2.75) is 24.5 Å². The summed E-state index contributed by atoms with van der Waals surface area (Å²) in [6, 6.07) is 3.19. The Kier molecular flexibility index (Phi) is 4.62. The largest absolute Gasteiger partial charge is 0.447 e. The van der Waals surface area contributed by atoms with Gasteiger partial charge in [-0.1, -0.05) is 0 Å². The quantitative estimate of drug-likeness (QED) is 0.824. The van der Waals surface area contributed by atoms with Crippen molar-refractivity contribution in [1.82, 2.24) is 9.21 Å². The molecule has 0 amide bonds. The first kappa shape index (κ1) is 14.5. The SMILES string of the molecule is CN(CCO)Cc1ccc(S(=O)(=O)N2CCCC2)o1. The Bertz CT molecular complexity index is 506. The van der Waals surface area contributed by atoms with Crippen LogP contribution in [0.4, 0.5) is 0 Å². The third-order valence-electron chi connectivity index (χ3n) is 3.20. The summed E-state index contributed by atoms with van der Waals surface area (Å²) in [7, 11) is -1.63. The summed E-state index contributed by atoms with van der Waals surface area (Å²) in [5.41, 5.74) is 0. The van der Waals surface area contributed by atoms with Gasteiger partial charge in [0.1, 0.15) is 5.76 Å². The van der Waals surface area contributed by atoms with Gasteiger partial charge in [0.25, 0.3) is 10.0 Å². The maximum atomic E-state index is 12.2. The molecular weight excluding hydrogens is 268 g/mol. The molecule has 1 aliphatic heterocycles. The lowest BCUT2D eigenvalue weighted by Gasteiger charge is -2.14. The smallest absolute Gasteiger partial charge is 0.276 e. The van der Waals surface area contributed by atoms with Gasteiger partial charge in [-0.2, -0.15) is 4.31 Å². The van der Waals surface area contributed by atoms with E-state index in [0.717, 1.165) is 12.8 Å². The second kappa shape index (κ2) is 6.04. The highest BCUT2D eigenvalue weighted by Gasteiger charge is 2.29. The van der Waals surface area contributed by atoms with E-state index in [1.165, 1.54) is 10.4 Å². The maximum absolute atomic E-state index is 12.2. The molecule has 1 N–H and O–H groups in total. The van der Waals surface area contributed by atoms with Crippen LogP contribution < -0.4 is 0 Å². The standard InChI is InChI=1S/C12H20N2O4S/c1-13(8-9-15)10-11-4-5-12(18-11)19(16,17)14-6-2-3-7-14/h4-5,15H,2-3,6-10H2,1H3. The third-order valence-corrected chi connectivity index (χ3v) is 4.98. The summed E-state index contributed by atoms with van der Waals surface area (Å²) in [5.74, 6) is 0.591. The number of furan rings is 1. The van der Waals surface area contributed by atoms with Crippen LogP contribution in [0.3, 0.4) is 0 Å². The zero-order chi connectivity index (χ0) is 13.9. The van der Waals surface area contributed by atoms with Crippen LogP contribution in [0.2, 0.25) is 0 Å². The third kappa shape index (κ3) is 3.36. The molecular formula is C12H20N2O4S. The monoisotopic (exact) mass is 288 g/mol. The average molecular weight is 288 g/mol. The molecule has 0 saturated carbocycles. The van der Waals surface area contributed by atoms with Crippen LogP contribution in [0.5, 0.6) is 0 Å². The molecule has 1 fully saturated rings. The normalized spacial score (nSPS) is 17.4. The molecule has 2 rings (SSSR count). The molecule has 19 heavy (non-hydrogen) atoms. The zero-order valence-corrected chi connectivity index (χ0v) is 11.9. The fourth-order valence-corrected chi connectivity index (χ4v) is 3.60. The van der Waals surface area contributed by atoms with E-state index in [-0.39, 0.29) is 11.7 Å². The maximum Gasteiger partial charge on any atom is 0.276 e. The fourth-order valence-electron chi connectivity index (χ4n) is 2.15. The Labute approximate surface area is 113 Å². The first-order chi connectivity index (χ1) is 9.04. The first-order valence-electron chi connectivity index (χ1n) is 6.42. The Morgan fingerprint density at radius 2 is 2.05 bits per heavy atom. The molecule has 1 aromatic rings. The van der Waals surface area contributed by atoms with Crippen molar-refractivity contribution in [1.29, 1.82) is 0 Å². The molecule has 1 saturated heterocycles. The van der Waals surface area contributed by atoms with Gasteiger partial charge in [0.05, 0.1) is 13.2 Å². The van der Waals surface area contributed by atoms with Gasteiger partial charge < -0.3 is 9.52 Å². The van der Waals surface area contributed by atoms with Crippen LogP contribution in [0.15, 0.2) is 21.6 Å². The Morgan fingerprint density at radius 1 is 1.37 bits per heavy atom. The summed E-state index contributed by atoms with van der Waals surface area (Å²) in [6.07, 6.45) is 1.82. The van der Waals surface area contributed by atoms with Gasteiger partial charge in [-0.15, -0.1) is 0 Å². The van der Waals surface area contributed by atoms with E-state index in [4.69, 9.17) is 9.52 Å². The van der Waals surface area contributed by atoms with Crippen molar-refractivity contribution >= 4 is 10.0 Å². The van der Waals surface area contributed by atoms with Crippen molar-refractivity contribution in [3.05, 3.63) is 17.9 Å². The highest BCUT2D eigenvalue weighted by atomic mass is 32.2. The van der Waals surface area contributed by atoms with Crippen molar-refractivity contribution < 1.29 is 17.9 Å². The molecule has 0 spiro atoms. The minimum atomic E-state index is -3.47. The van der Waals surface area contributed by atoms with Gasteiger partial charge in [-0.25, -0.2) is 8.42 Å². The Balaban J connectivity index is 2.07. The van der Waals surface area contributed by atoms with Crippen molar-refractivity contribution in [2.24, 2.45) is 0 Å². The van der Waals surface area contributed by atoms with E-state index >= 15 is 0 Å². The summed E-state index contributed by atoms with van der Waals surface area (Å²) < 4.78 is 31.4. The van der Waals surface area contributed by atoms with Crippen LogP contribution >= 0.6 is 0 Å². The number of likely N-dealkylation sites (N-methyl/N-ethyl adjacent to an activating group) is 1. The summed E-state index contributed by atoms with van der Waals surface area (Å²) in [4.78, 5) is 1.87. The predicted octanol–water partition coefficient (Wildman–Crippen LogP) is 0.488. The predicted molar refractivity (Wildman–Crippen MR) is 70.1 cm³/mol. The average Bonchev–Trinajstić information content (AvgIpc) is 2.99. The summed E-state index contributed by atoms with van der Waals surface area (Å²) in [5, 5.41) is 8.83. The molecule has 0 bridgehead atoms. The molecule has 6 nitrogen and oxygen atoms in total. The Morgan fingerprint density at radius 3 is 2.68 bits per heavy atom. The van der Waals surface area contributed by atoms with Gasteiger partial charge in [0.15, 0.2) is 0 Å². The van der Waals surface area contributed by atoms with E-state index in [0.29, 0.717) is 31.9 Å². The number of rotatable bonds is 6. The minimum absolute atomic E-state index is 0.0156. The number of hydrogen-bond acceptors (Lipinski definition) is 5. The highest BCUT2D eigenvalue weighted by molar-refractivity contribution is 7.89. The molecule has 108 valence electrons. The summed E-state index contributed by atoms with van der Waals surface area (Å²) in [6.45, 7) is 2.21. The van der Waals surface area contributed by atoms with Crippen LogP contribution in [0.1, 0.15) is 18.6 Å². The zero-order valence-electron chi connectivity index (χ0n) is 11.1. The molecule has 0 radical (unpaired) electrons. The molecule has 1 aromatic heterocycles. The molecule has 0 aromatic carbocycles. The second-order valence-electron chi connectivity index (χ2n) is 4.79. The van der Waals surface area contributed by atoms with Crippen molar-refractivity contribution in [3.63, 3.8) is 0 Å². The van der Waals surface area contributed by atoms with E-state index in [9.17, 15) is 8.42 Å². The highest BCUT2D eigenvalue weighted by Crippen LogP contribution is 2.23. The van der Waals surface area contributed by atoms with Crippen LogP contribution in [-0.2, 0) is 16.6 Å². The molecule has 0 atom stereocenters. The van der Waals surface area contributed by atoms with Gasteiger partial charge in [0.2, 0.25) is 5.09 Å². The number of hydrogen-bond donors (Lipinski definition) is 1. The van der Waals surface area contributed by atoms with Gasteiger partial charge in [0, 0.05) is 19.6 Å². The molecule has 0 aliphatic carbocycles. The first-order valence-corrected chi connectivity index (χ1v) is 7.86. The lowest BCUT2D eigenvalue weighted by atomic mass is 10.4. The van der Waals surface area contributed by atoms with E-state index in [1.54, 1.807) is 6.07 Å². The molecule has 0 unspecified atom stereocenters. The second-order valence-corrected chi connectivity index (χ2v) is 6.66. The topological polar surface area (TPSA) is 74.0 Å². The van der Waals surface area contributed by atoms with Crippen molar-refractivity contribution in [3.8, 4) is 0 Å². The van der Waals surface area contributed by atoms with Gasteiger partial charge in [-0.05, 0) is 32.0 Å².